The summed E-state index contributed by atoms with van der Waals surface area (Å²) in [7, 11) is 3.35. The van der Waals surface area contributed by atoms with E-state index in [4.69, 9.17) is 26.4 Å². The highest BCUT2D eigenvalue weighted by Crippen LogP contribution is 2.28. The van der Waals surface area contributed by atoms with Crippen molar-refractivity contribution in [1.29, 1.82) is 0 Å². The van der Waals surface area contributed by atoms with Crippen LogP contribution < -0.4 is 14.8 Å². The van der Waals surface area contributed by atoms with Crippen molar-refractivity contribution in [1.82, 2.24) is 15.1 Å². The standard InChI is InChI=1S/C24H39N3O3S/c1-28-22-11-10-20(18-23(22)29-2)19-27(13-12-26-14-16-30-17-15-26)24(31)25-21-8-6-4-3-5-7-9-21/h10-11,18,21H,3-9,12-17,19H2,1-2H3,(H,25,31). The predicted molar refractivity (Wildman–Crippen MR) is 129 cm³/mol. The molecule has 1 aliphatic carbocycles. The minimum Gasteiger partial charge on any atom is -0.493 e. The Labute approximate surface area is 193 Å². The first-order chi connectivity index (χ1) is 15.2. The lowest BCUT2D eigenvalue weighted by Crippen LogP contribution is -2.48. The normalized spacial score (nSPS) is 18.6. The van der Waals surface area contributed by atoms with Crippen LogP contribution in [-0.2, 0) is 11.3 Å². The molecule has 0 aromatic heterocycles. The molecule has 174 valence electrons. The summed E-state index contributed by atoms with van der Waals surface area (Å²) in [4.78, 5) is 4.77. The van der Waals surface area contributed by atoms with Gasteiger partial charge in [0.05, 0.1) is 27.4 Å². The molecule has 2 aliphatic rings. The van der Waals surface area contributed by atoms with Crippen LogP contribution in [0.2, 0.25) is 0 Å². The summed E-state index contributed by atoms with van der Waals surface area (Å²) in [5.74, 6) is 1.51. The molecule has 0 spiro atoms. The van der Waals surface area contributed by atoms with Gasteiger partial charge in [-0.2, -0.15) is 0 Å². The van der Waals surface area contributed by atoms with Crippen LogP contribution in [0.1, 0.15) is 50.5 Å². The van der Waals surface area contributed by atoms with Crippen molar-refractivity contribution in [2.24, 2.45) is 0 Å². The van der Waals surface area contributed by atoms with Gasteiger partial charge in [-0.25, -0.2) is 0 Å². The average molecular weight is 450 g/mol. The van der Waals surface area contributed by atoms with Gasteiger partial charge >= 0.3 is 0 Å². The van der Waals surface area contributed by atoms with Gasteiger partial charge in [0.15, 0.2) is 16.6 Å². The van der Waals surface area contributed by atoms with E-state index in [2.05, 4.69) is 27.2 Å². The van der Waals surface area contributed by atoms with Gasteiger partial charge in [-0.05, 0) is 42.8 Å². The van der Waals surface area contributed by atoms with Gasteiger partial charge < -0.3 is 24.4 Å². The fraction of sp³-hybridized carbons (Fsp3) is 0.708. The van der Waals surface area contributed by atoms with Crippen LogP contribution in [0.25, 0.3) is 0 Å². The molecule has 2 fully saturated rings. The summed E-state index contributed by atoms with van der Waals surface area (Å²) in [5.41, 5.74) is 1.17. The summed E-state index contributed by atoms with van der Waals surface area (Å²) in [6.07, 6.45) is 9.09. The molecule has 0 atom stereocenters. The molecule has 0 radical (unpaired) electrons. The van der Waals surface area contributed by atoms with Crippen molar-refractivity contribution in [2.45, 2.75) is 57.5 Å². The quantitative estimate of drug-likeness (QED) is 0.605. The van der Waals surface area contributed by atoms with Crippen molar-refractivity contribution < 1.29 is 14.2 Å². The zero-order valence-corrected chi connectivity index (χ0v) is 20.1. The first-order valence-electron chi connectivity index (χ1n) is 11.8. The Kier molecular flexibility index (Phi) is 10.2. The zero-order valence-electron chi connectivity index (χ0n) is 19.2. The van der Waals surface area contributed by atoms with Gasteiger partial charge in [0.25, 0.3) is 0 Å². The zero-order chi connectivity index (χ0) is 21.9. The maximum Gasteiger partial charge on any atom is 0.169 e. The van der Waals surface area contributed by atoms with Crippen LogP contribution in [0.15, 0.2) is 18.2 Å². The molecule has 1 saturated carbocycles. The second-order valence-corrected chi connectivity index (χ2v) is 8.94. The van der Waals surface area contributed by atoms with Crippen LogP contribution in [0.5, 0.6) is 11.5 Å². The van der Waals surface area contributed by atoms with Crippen LogP contribution in [0.4, 0.5) is 0 Å². The summed E-state index contributed by atoms with van der Waals surface area (Å²) in [5, 5.41) is 4.57. The Morgan fingerprint density at radius 1 is 1.06 bits per heavy atom. The number of methoxy groups -OCH3 is 2. The Morgan fingerprint density at radius 2 is 1.74 bits per heavy atom. The number of benzene rings is 1. The third-order valence-electron chi connectivity index (χ3n) is 6.33. The number of rotatable bonds is 8. The summed E-state index contributed by atoms with van der Waals surface area (Å²) in [6, 6.07) is 6.62. The lowest BCUT2D eigenvalue weighted by molar-refractivity contribution is 0.0357. The van der Waals surface area contributed by atoms with E-state index in [9.17, 15) is 0 Å². The SMILES string of the molecule is COc1ccc(CN(CCN2CCOCC2)C(=S)NC2CCCCCCC2)cc1OC. The maximum atomic E-state index is 5.93. The first kappa shape index (κ1) is 24.1. The lowest BCUT2D eigenvalue weighted by atomic mass is 9.97. The number of nitrogens with one attached hydrogen (secondary N) is 1. The highest BCUT2D eigenvalue weighted by Gasteiger charge is 2.19. The fourth-order valence-electron chi connectivity index (χ4n) is 4.41. The Hall–Kier alpha value is -1.57. The van der Waals surface area contributed by atoms with Crippen LogP contribution in [0, 0.1) is 0 Å². The van der Waals surface area contributed by atoms with Crippen molar-refractivity contribution in [2.75, 3.05) is 53.6 Å². The molecule has 1 saturated heterocycles. The fourth-order valence-corrected chi connectivity index (χ4v) is 4.73. The topological polar surface area (TPSA) is 46.2 Å². The van der Waals surface area contributed by atoms with Crippen LogP contribution >= 0.6 is 12.2 Å². The maximum absolute atomic E-state index is 5.93. The molecule has 6 nitrogen and oxygen atoms in total. The lowest BCUT2D eigenvalue weighted by Gasteiger charge is -2.33. The van der Waals surface area contributed by atoms with E-state index in [0.717, 1.165) is 62.5 Å². The van der Waals surface area contributed by atoms with Crippen molar-refractivity contribution in [3.63, 3.8) is 0 Å². The molecule has 0 unspecified atom stereocenters. The van der Waals surface area contributed by atoms with E-state index in [1.807, 2.05) is 6.07 Å². The summed E-state index contributed by atoms with van der Waals surface area (Å²) >= 11 is 5.93. The van der Waals surface area contributed by atoms with Crippen molar-refractivity contribution in [3.05, 3.63) is 23.8 Å². The van der Waals surface area contributed by atoms with Gasteiger partial charge in [0.2, 0.25) is 0 Å². The van der Waals surface area contributed by atoms with Gasteiger partial charge in [-0.15, -0.1) is 0 Å². The third kappa shape index (κ3) is 7.81. The highest BCUT2D eigenvalue weighted by atomic mass is 32.1. The molecule has 1 aromatic carbocycles. The second-order valence-electron chi connectivity index (χ2n) is 8.56. The van der Waals surface area contributed by atoms with E-state index in [-0.39, 0.29) is 0 Å². The molecule has 31 heavy (non-hydrogen) atoms. The third-order valence-corrected chi connectivity index (χ3v) is 6.71. The Bertz CT molecular complexity index is 674. The number of hydrogen-bond acceptors (Lipinski definition) is 5. The smallest absolute Gasteiger partial charge is 0.169 e. The van der Waals surface area contributed by atoms with Crippen LogP contribution in [-0.4, -0.2) is 74.6 Å². The number of ether oxygens (including phenoxy) is 3. The molecule has 0 amide bonds. The Balaban J connectivity index is 1.66. The molecule has 1 aliphatic heterocycles. The molecule has 1 heterocycles. The molecule has 1 N–H and O–H groups in total. The van der Waals surface area contributed by atoms with Gasteiger partial charge in [0.1, 0.15) is 0 Å². The number of nitrogens with zero attached hydrogens (tertiary/aromatic N) is 2. The van der Waals surface area contributed by atoms with E-state index in [1.165, 1.54) is 50.5 Å². The monoisotopic (exact) mass is 449 g/mol. The van der Waals surface area contributed by atoms with E-state index in [0.29, 0.717) is 6.04 Å². The minimum atomic E-state index is 0.490. The van der Waals surface area contributed by atoms with Crippen molar-refractivity contribution >= 4 is 17.3 Å². The number of hydrogen-bond donors (Lipinski definition) is 1. The van der Waals surface area contributed by atoms with Crippen LogP contribution in [0.3, 0.4) is 0 Å². The predicted octanol–water partition coefficient (Wildman–Crippen LogP) is 3.83. The molecular weight excluding hydrogens is 410 g/mol. The minimum absolute atomic E-state index is 0.490. The average Bonchev–Trinajstić information content (AvgIpc) is 2.78. The van der Waals surface area contributed by atoms with E-state index >= 15 is 0 Å². The molecule has 3 rings (SSSR count). The number of morpholine rings is 1. The highest BCUT2D eigenvalue weighted by molar-refractivity contribution is 7.80. The first-order valence-corrected chi connectivity index (χ1v) is 12.2. The Morgan fingerprint density at radius 3 is 2.42 bits per heavy atom. The molecule has 7 heteroatoms. The molecule has 1 aromatic rings. The van der Waals surface area contributed by atoms with E-state index in [1.54, 1.807) is 14.2 Å². The van der Waals surface area contributed by atoms with Gasteiger partial charge in [-0.1, -0.05) is 38.2 Å². The summed E-state index contributed by atoms with van der Waals surface area (Å²) in [6.45, 7) is 6.26. The molecular formula is C24H39N3O3S. The van der Waals surface area contributed by atoms with Crippen molar-refractivity contribution in [3.8, 4) is 11.5 Å². The molecule has 0 bridgehead atoms. The second kappa shape index (κ2) is 13.1. The van der Waals surface area contributed by atoms with E-state index < -0.39 is 0 Å². The largest absolute Gasteiger partial charge is 0.493 e. The number of thiocarbonyl (C=S) groups is 1. The van der Waals surface area contributed by atoms with Gasteiger partial charge in [0, 0.05) is 38.8 Å². The summed E-state index contributed by atoms with van der Waals surface area (Å²) < 4.78 is 16.4. The van der Waals surface area contributed by atoms with Gasteiger partial charge in [-0.3, -0.25) is 4.90 Å².